The van der Waals surface area contributed by atoms with Gasteiger partial charge >= 0.3 is 0 Å². The number of hydrogen-bond acceptors (Lipinski definition) is 1. The summed E-state index contributed by atoms with van der Waals surface area (Å²) in [6.45, 7) is 0. The molecular formula is C11H16O. The maximum Gasteiger partial charge on any atom is 0.155 e. The Labute approximate surface area is 73.8 Å². The molecule has 0 aromatic carbocycles. The Morgan fingerprint density at radius 2 is 1.92 bits per heavy atom. The van der Waals surface area contributed by atoms with Crippen LogP contribution in [0.3, 0.4) is 0 Å². The number of rotatable bonds is 0. The Balaban J connectivity index is 2.15. The van der Waals surface area contributed by atoms with Crippen LogP contribution in [0, 0.1) is 5.92 Å². The lowest BCUT2D eigenvalue weighted by molar-refractivity contribution is -0.114. The number of fused-ring (bicyclic) bond motifs is 1. The quantitative estimate of drug-likeness (QED) is 0.538. The molecule has 2 aliphatic rings. The minimum absolute atomic E-state index is 0.370. The van der Waals surface area contributed by atoms with Gasteiger partial charge in [-0.1, -0.05) is 12.0 Å². The molecule has 0 saturated heterocycles. The average molecular weight is 164 g/mol. The van der Waals surface area contributed by atoms with Crippen LogP contribution in [-0.4, -0.2) is 5.78 Å². The second-order valence-electron chi connectivity index (χ2n) is 4.02. The Bertz CT molecular complexity index is 215. The van der Waals surface area contributed by atoms with Gasteiger partial charge in [-0.3, -0.25) is 4.79 Å². The third kappa shape index (κ3) is 1.60. The van der Waals surface area contributed by atoms with Crippen molar-refractivity contribution in [3.8, 4) is 0 Å². The molecule has 1 atom stereocenters. The highest BCUT2D eigenvalue weighted by Gasteiger charge is 2.21. The number of carbonyl (C=O) groups excluding carboxylic acids is 1. The van der Waals surface area contributed by atoms with E-state index in [2.05, 4.69) is 0 Å². The molecule has 0 bridgehead atoms. The summed E-state index contributed by atoms with van der Waals surface area (Å²) in [4.78, 5) is 11.3. The molecule has 1 heteroatoms. The summed E-state index contributed by atoms with van der Waals surface area (Å²) in [5.41, 5.74) is 1.46. The molecule has 66 valence electrons. The second kappa shape index (κ2) is 3.42. The van der Waals surface area contributed by atoms with Crippen molar-refractivity contribution < 1.29 is 4.79 Å². The zero-order valence-corrected chi connectivity index (χ0v) is 7.51. The van der Waals surface area contributed by atoms with Gasteiger partial charge in [0, 0.05) is 6.42 Å². The minimum atomic E-state index is 0.370. The first-order valence-corrected chi connectivity index (χ1v) is 5.09. The molecule has 2 rings (SSSR count). The fraction of sp³-hybridized carbons (Fsp3) is 0.727. The maximum atomic E-state index is 11.3. The van der Waals surface area contributed by atoms with E-state index in [9.17, 15) is 4.79 Å². The number of ketones is 1. The zero-order chi connectivity index (χ0) is 8.39. The van der Waals surface area contributed by atoms with Crippen LogP contribution in [0.15, 0.2) is 11.6 Å². The second-order valence-corrected chi connectivity index (χ2v) is 4.02. The van der Waals surface area contributed by atoms with E-state index in [-0.39, 0.29) is 0 Å². The van der Waals surface area contributed by atoms with Crippen LogP contribution in [0.4, 0.5) is 0 Å². The van der Waals surface area contributed by atoms with E-state index < -0.39 is 0 Å². The third-order valence-corrected chi connectivity index (χ3v) is 3.11. The van der Waals surface area contributed by atoms with E-state index in [1.165, 1.54) is 37.7 Å². The summed E-state index contributed by atoms with van der Waals surface area (Å²) in [7, 11) is 0. The normalized spacial score (nSPS) is 30.5. The fourth-order valence-corrected chi connectivity index (χ4v) is 2.43. The molecule has 1 nitrogen and oxygen atoms in total. The van der Waals surface area contributed by atoms with Gasteiger partial charge in [0.25, 0.3) is 0 Å². The van der Waals surface area contributed by atoms with Gasteiger partial charge in [-0.05, 0) is 44.1 Å². The van der Waals surface area contributed by atoms with Crippen LogP contribution in [0.2, 0.25) is 0 Å². The summed E-state index contributed by atoms with van der Waals surface area (Å²) in [5.74, 6) is 1.14. The lowest BCUT2D eigenvalue weighted by atomic mass is 9.82. The molecular weight excluding hydrogens is 148 g/mol. The van der Waals surface area contributed by atoms with Gasteiger partial charge in [-0.2, -0.15) is 0 Å². The molecule has 0 N–H and O–H groups in total. The summed E-state index contributed by atoms with van der Waals surface area (Å²) >= 11 is 0. The van der Waals surface area contributed by atoms with Crippen molar-refractivity contribution >= 4 is 5.78 Å². The number of allylic oxidation sites excluding steroid dienone is 2. The molecule has 1 saturated carbocycles. The molecule has 0 aliphatic heterocycles. The highest BCUT2D eigenvalue weighted by molar-refractivity contribution is 5.90. The van der Waals surface area contributed by atoms with Crippen molar-refractivity contribution in [3.63, 3.8) is 0 Å². The van der Waals surface area contributed by atoms with Crippen LogP contribution in [0.1, 0.15) is 44.9 Å². The average Bonchev–Trinajstić information content (AvgIpc) is 2.25. The Morgan fingerprint density at radius 1 is 1.08 bits per heavy atom. The molecule has 1 fully saturated rings. The van der Waals surface area contributed by atoms with Gasteiger partial charge in [-0.15, -0.1) is 0 Å². The Kier molecular flexibility index (Phi) is 2.29. The largest absolute Gasteiger partial charge is 0.295 e. The first kappa shape index (κ1) is 8.03. The van der Waals surface area contributed by atoms with Crippen molar-refractivity contribution in [2.75, 3.05) is 0 Å². The summed E-state index contributed by atoms with van der Waals surface area (Å²) in [6, 6.07) is 0. The van der Waals surface area contributed by atoms with E-state index in [4.69, 9.17) is 0 Å². The molecule has 12 heavy (non-hydrogen) atoms. The van der Waals surface area contributed by atoms with Crippen molar-refractivity contribution in [3.05, 3.63) is 11.6 Å². The van der Waals surface area contributed by atoms with E-state index in [0.29, 0.717) is 5.78 Å². The van der Waals surface area contributed by atoms with E-state index in [1.54, 1.807) is 0 Å². The lowest BCUT2D eigenvalue weighted by Crippen LogP contribution is -2.08. The Hall–Kier alpha value is -0.590. The summed E-state index contributed by atoms with van der Waals surface area (Å²) in [6.07, 6.45) is 10.3. The highest BCUT2D eigenvalue weighted by Crippen LogP contribution is 2.34. The molecule has 0 heterocycles. The fourth-order valence-electron chi connectivity index (χ4n) is 2.43. The topological polar surface area (TPSA) is 17.1 Å². The smallest absolute Gasteiger partial charge is 0.155 e. The molecule has 0 amide bonds. The predicted molar refractivity (Wildman–Crippen MR) is 48.9 cm³/mol. The highest BCUT2D eigenvalue weighted by atomic mass is 16.1. The number of hydrogen-bond donors (Lipinski definition) is 0. The van der Waals surface area contributed by atoms with E-state index >= 15 is 0 Å². The van der Waals surface area contributed by atoms with Crippen LogP contribution in [0.25, 0.3) is 0 Å². The van der Waals surface area contributed by atoms with Crippen molar-refractivity contribution in [1.82, 2.24) is 0 Å². The summed E-state index contributed by atoms with van der Waals surface area (Å²) in [5, 5.41) is 0. The SMILES string of the molecule is O=C1C=C2CCCCC2CCC1. The monoisotopic (exact) mass is 164 g/mol. The summed E-state index contributed by atoms with van der Waals surface area (Å²) < 4.78 is 0. The predicted octanol–water partition coefficient (Wildman–Crippen LogP) is 2.86. The van der Waals surface area contributed by atoms with Crippen LogP contribution >= 0.6 is 0 Å². The molecule has 2 aliphatic carbocycles. The first-order valence-electron chi connectivity index (χ1n) is 5.09. The van der Waals surface area contributed by atoms with Crippen LogP contribution in [0.5, 0.6) is 0 Å². The zero-order valence-electron chi connectivity index (χ0n) is 7.51. The molecule has 0 aromatic rings. The number of carbonyl (C=O) groups is 1. The minimum Gasteiger partial charge on any atom is -0.295 e. The first-order chi connectivity index (χ1) is 5.86. The molecule has 0 radical (unpaired) electrons. The standard InChI is InChI=1S/C11H16O/c12-11-7-3-6-9-4-1-2-5-10(9)8-11/h8-9H,1-7H2. The molecule has 0 aromatic heterocycles. The lowest BCUT2D eigenvalue weighted by Gasteiger charge is -2.23. The van der Waals surface area contributed by atoms with Gasteiger partial charge in [0.2, 0.25) is 0 Å². The maximum absolute atomic E-state index is 11.3. The van der Waals surface area contributed by atoms with Gasteiger partial charge in [0.15, 0.2) is 5.78 Å². The Morgan fingerprint density at radius 3 is 2.83 bits per heavy atom. The van der Waals surface area contributed by atoms with E-state index in [1.807, 2.05) is 6.08 Å². The molecule has 1 unspecified atom stereocenters. The van der Waals surface area contributed by atoms with Gasteiger partial charge in [-0.25, -0.2) is 0 Å². The van der Waals surface area contributed by atoms with Gasteiger partial charge < -0.3 is 0 Å². The van der Waals surface area contributed by atoms with Crippen LogP contribution < -0.4 is 0 Å². The van der Waals surface area contributed by atoms with E-state index in [0.717, 1.165) is 18.8 Å². The van der Waals surface area contributed by atoms with Crippen molar-refractivity contribution in [2.24, 2.45) is 5.92 Å². The van der Waals surface area contributed by atoms with Gasteiger partial charge in [0.1, 0.15) is 0 Å². The van der Waals surface area contributed by atoms with Crippen molar-refractivity contribution in [2.45, 2.75) is 44.9 Å². The third-order valence-electron chi connectivity index (χ3n) is 3.11. The van der Waals surface area contributed by atoms with Crippen molar-refractivity contribution in [1.29, 1.82) is 0 Å². The van der Waals surface area contributed by atoms with Gasteiger partial charge in [0.05, 0.1) is 0 Å². The van der Waals surface area contributed by atoms with Crippen LogP contribution in [-0.2, 0) is 4.79 Å². The molecule has 0 spiro atoms.